The van der Waals surface area contributed by atoms with Gasteiger partial charge in [0.05, 0.1) is 41.6 Å². The van der Waals surface area contributed by atoms with Crippen LogP contribution >= 0.6 is 11.6 Å². The molecule has 37 heavy (non-hydrogen) atoms. The van der Waals surface area contributed by atoms with Crippen molar-refractivity contribution in [3.8, 4) is 11.5 Å². The number of anilines is 3. The van der Waals surface area contributed by atoms with E-state index in [4.69, 9.17) is 21.1 Å². The van der Waals surface area contributed by atoms with E-state index in [1.54, 1.807) is 7.05 Å². The fourth-order valence-corrected chi connectivity index (χ4v) is 3.96. The SMILES string of the molecule is COc1c(C(=O)Nc2cc(F)cc(C(F)(F)F)c2)cc2nc(Nc3c(F)cccc3Cl)n(C)c2c1OC. The second kappa shape index (κ2) is 9.77. The van der Waals surface area contributed by atoms with Gasteiger partial charge in [-0.15, -0.1) is 0 Å². The molecule has 1 heterocycles. The van der Waals surface area contributed by atoms with Crippen molar-refractivity contribution in [2.75, 3.05) is 24.9 Å². The molecule has 2 N–H and O–H groups in total. The number of ether oxygens (including phenoxy) is 2. The third-order valence-corrected chi connectivity index (χ3v) is 5.72. The second-order valence-electron chi connectivity index (χ2n) is 7.75. The summed E-state index contributed by atoms with van der Waals surface area (Å²) in [6.45, 7) is 0. The molecule has 0 radical (unpaired) electrons. The van der Waals surface area contributed by atoms with E-state index in [1.165, 1.54) is 43.1 Å². The molecular weight excluding hydrogens is 523 g/mol. The lowest BCUT2D eigenvalue weighted by Crippen LogP contribution is -2.15. The molecule has 0 aliphatic heterocycles. The summed E-state index contributed by atoms with van der Waals surface area (Å²) in [6.07, 6.45) is -4.82. The van der Waals surface area contributed by atoms with Crippen LogP contribution in [0.25, 0.3) is 11.0 Å². The fourth-order valence-electron chi connectivity index (χ4n) is 3.75. The zero-order valence-corrected chi connectivity index (χ0v) is 20.2. The lowest BCUT2D eigenvalue weighted by atomic mass is 10.1. The van der Waals surface area contributed by atoms with Crippen molar-refractivity contribution in [2.45, 2.75) is 6.18 Å². The van der Waals surface area contributed by atoms with Crippen molar-refractivity contribution in [1.82, 2.24) is 9.55 Å². The van der Waals surface area contributed by atoms with Gasteiger partial charge in [-0.3, -0.25) is 4.79 Å². The van der Waals surface area contributed by atoms with Crippen molar-refractivity contribution < 1.29 is 36.2 Å². The molecule has 0 fully saturated rings. The van der Waals surface area contributed by atoms with E-state index in [2.05, 4.69) is 15.6 Å². The summed E-state index contributed by atoms with van der Waals surface area (Å²) >= 11 is 6.10. The summed E-state index contributed by atoms with van der Waals surface area (Å²) in [4.78, 5) is 17.5. The van der Waals surface area contributed by atoms with Crippen LogP contribution in [0.15, 0.2) is 42.5 Å². The molecule has 194 valence electrons. The first kappa shape index (κ1) is 26.0. The minimum Gasteiger partial charge on any atom is -0.492 e. The number of hydrogen-bond acceptors (Lipinski definition) is 5. The predicted molar refractivity (Wildman–Crippen MR) is 128 cm³/mol. The van der Waals surface area contributed by atoms with Crippen LogP contribution in [-0.2, 0) is 13.2 Å². The number of nitrogens with zero attached hydrogens (tertiary/aromatic N) is 2. The Bertz CT molecular complexity index is 1500. The summed E-state index contributed by atoms with van der Waals surface area (Å²) in [5.74, 6) is -2.57. The number of carbonyl (C=O) groups is 1. The molecule has 0 spiro atoms. The number of para-hydroxylation sites is 1. The summed E-state index contributed by atoms with van der Waals surface area (Å²) in [7, 11) is 4.17. The number of fused-ring (bicyclic) bond motifs is 1. The molecule has 4 rings (SSSR count). The molecule has 0 aliphatic rings. The average molecular weight is 541 g/mol. The monoisotopic (exact) mass is 540 g/mol. The van der Waals surface area contributed by atoms with Crippen LogP contribution in [0.4, 0.5) is 39.3 Å². The van der Waals surface area contributed by atoms with Gasteiger partial charge in [-0.25, -0.2) is 13.8 Å². The zero-order valence-electron chi connectivity index (χ0n) is 19.4. The highest BCUT2D eigenvalue weighted by atomic mass is 35.5. The Kier molecular flexibility index (Phi) is 6.87. The number of aryl methyl sites for hydroxylation is 1. The van der Waals surface area contributed by atoms with E-state index in [0.717, 1.165) is 6.07 Å². The van der Waals surface area contributed by atoms with Crippen LogP contribution in [-0.4, -0.2) is 29.7 Å². The number of halogens is 6. The molecule has 0 aliphatic carbocycles. The Morgan fingerprint density at radius 1 is 1.05 bits per heavy atom. The highest BCUT2D eigenvalue weighted by molar-refractivity contribution is 6.33. The minimum absolute atomic E-state index is 0.0296. The topological polar surface area (TPSA) is 77.4 Å². The van der Waals surface area contributed by atoms with Gasteiger partial charge in [-0.1, -0.05) is 17.7 Å². The van der Waals surface area contributed by atoms with Gasteiger partial charge < -0.3 is 24.7 Å². The van der Waals surface area contributed by atoms with E-state index in [1.807, 2.05) is 0 Å². The first-order valence-electron chi connectivity index (χ1n) is 10.5. The summed E-state index contributed by atoms with van der Waals surface area (Å²) in [6, 6.07) is 7.10. The molecule has 7 nitrogen and oxygen atoms in total. The molecule has 0 saturated heterocycles. The second-order valence-corrected chi connectivity index (χ2v) is 8.16. The van der Waals surface area contributed by atoms with Gasteiger partial charge in [0.25, 0.3) is 5.91 Å². The number of hydrogen-bond donors (Lipinski definition) is 2. The Morgan fingerprint density at radius 3 is 2.38 bits per heavy atom. The number of amides is 1. The first-order valence-corrected chi connectivity index (χ1v) is 10.8. The molecule has 0 atom stereocenters. The van der Waals surface area contributed by atoms with Crippen LogP contribution in [0.1, 0.15) is 15.9 Å². The Labute approximate surface area is 211 Å². The predicted octanol–water partition coefficient (Wildman–Crippen LogP) is 6.54. The Hall–Kier alpha value is -4.06. The van der Waals surface area contributed by atoms with Crippen LogP contribution in [0, 0.1) is 11.6 Å². The van der Waals surface area contributed by atoms with E-state index < -0.39 is 35.0 Å². The van der Waals surface area contributed by atoms with Gasteiger partial charge in [0.2, 0.25) is 5.95 Å². The van der Waals surface area contributed by atoms with Crippen LogP contribution < -0.4 is 20.1 Å². The number of benzene rings is 3. The van der Waals surface area contributed by atoms with Gasteiger partial charge in [0.15, 0.2) is 11.5 Å². The zero-order chi connectivity index (χ0) is 27.1. The maximum absolute atomic E-state index is 14.3. The van der Waals surface area contributed by atoms with Crippen LogP contribution in [0.3, 0.4) is 0 Å². The molecule has 0 saturated carbocycles. The first-order chi connectivity index (χ1) is 17.4. The normalized spacial score (nSPS) is 11.5. The average Bonchev–Trinajstić information content (AvgIpc) is 3.14. The lowest BCUT2D eigenvalue weighted by Gasteiger charge is -2.15. The molecule has 0 unspecified atom stereocenters. The summed E-state index contributed by atoms with van der Waals surface area (Å²) in [5.41, 5.74) is -1.31. The number of methoxy groups -OCH3 is 2. The molecular formula is C24H18ClF5N4O3. The lowest BCUT2D eigenvalue weighted by molar-refractivity contribution is -0.137. The molecule has 13 heteroatoms. The molecule has 3 aromatic carbocycles. The number of alkyl halides is 3. The minimum atomic E-state index is -4.82. The highest BCUT2D eigenvalue weighted by Crippen LogP contribution is 2.41. The maximum Gasteiger partial charge on any atom is 0.416 e. The van der Waals surface area contributed by atoms with Gasteiger partial charge in [-0.2, -0.15) is 13.2 Å². The molecule has 1 aromatic heterocycles. The van der Waals surface area contributed by atoms with Gasteiger partial charge in [0, 0.05) is 12.7 Å². The molecule has 0 bridgehead atoms. The molecule has 4 aromatic rings. The smallest absolute Gasteiger partial charge is 0.416 e. The number of rotatable bonds is 6. The standard InChI is InChI=1S/C24H18ClF5N4O3/c1-34-19-17(32-23(34)33-18-15(25)5-4-6-16(18)27)10-14(20(36-2)21(19)37-3)22(35)31-13-8-11(24(28,29)30)7-12(26)9-13/h4-10H,1-3H3,(H,31,35)(H,32,33). The quantitative estimate of drug-likeness (QED) is 0.272. The Balaban J connectivity index is 1.80. The van der Waals surface area contributed by atoms with E-state index in [9.17, 15) is 26.7 Å². The van der Waals surface area contributed by atoms with E-state index in [0.29, 0.717) is 17.6 Å². The van der Waals surface area contributed by atoms with Crippen LogP contribution in [0.2, 0.25) is 5.02 Å². The largest absolute Gasteiger partial charge is 0.492 e. The van der Waals surface area contributed by atoms with Crippen molar-refractivity contribution >= 4 is 45.9 Å². The number of carbonyl (C=O) groups excluding carboxylic acids is 1. The van der Waals surface area contributed by atoms with Crippen molar-refractivity contribution in [1.29, 1.82) is 0 Å². The fraction of sp³-hybridized carbons (Fsp3) is 0.167. The van der Waals surface area contributed by atoms with Crippen molar-refractivity contribution in [3.05, 3.63) is 70.2 Å². The Morgan fingerprint density at radius 2 is 1.76 bits per heavy atom. The third-order valence-electron chi connectivity index (χ3n) is 5.40. The van der Waals surface area contributed by atoms with Gasteiger partial charge in [0.1, 0.15) is 17.2 Å². The van der Waals surface area contributed by atoms with Gasteiger partial charge >= 0.3 is 6.18 Å². The number of nitrogens with one attached hydrogen (secondary N) is 2. The number of imidazole rings is 1. The summed E-state index contributed by atoms with van der Waals surface area (Å²) in [5, 5.41) is 5.15. The van der Waals surface area contributed by atoms with E-state index in [-0.39, 0.29) is 39.2 Å². The number of aromatic nitrogens is 2. The third kappa shape index (κ3) is 4.96. The van der Waals surface area contributed by atoms with E-state index >= 15 is 0 Å². The van der Waals surface area contributed by atoms with Crippen molar-refractivity contribution in [3.63, 3.8) is 0 Å². The maximum atomic E-state index is 14.3. The van der Waals surface area contributed by atoms with Crippen molar-refractivity contribution in [2.24, 2.45) is 7.05 Å². The van der Waals surface area contributed by atoms with Crippen LogP contribution in [0.5, 0.6) is 11.5 Å². The van der Waals surface area contributed by atoms with Gasteiger partial charge in [-0.05, 0) is 36.4 Å². The highest BCUT2D eigenvalue weighted by Gasteiger charge is 2.32. The summed E-state index contributed by atoms with van der Waals surface area (Å²) < 4.78 is 79.7. The molecule has 1 amide bonds.